The van der Waals surface area contributed by atoms with Crippen molar-refractivity contribution < 1.29 is 68.5 Å². The Morgan fingerprint density at radius 1 is 0.333 bits per heavy atom. The van der Waals surface area contributed by atoms with Crippen LogP contribution in [0.25, 0.3) is 67.9 Å². The lowest BCUT2D eigenvalue weighted by Crippen LogP contribution is -2.49. The number of aromatic nitrogens is 20. The highest BCUT2D eigenvalue weighted by atomic mass is 35.5. The molecule has 138 heavy (non-hydrogen) atoms. The molecule has 0 unspecified atom stereocenters. The predicted octanol–water partition coefficient (Wildman–Crippen LogP) is 7.52. The van der Waals surface area contributed by atoms with E-state index in [1.807, 2.05) is 29.4 Å². The molecule has 8 aliphatic heterocycles. The maximum Gasteiger partial charge on any atom is 0.296 e. The highest BCUT2D eigenvalue weighted by molar-refractivity contribution is 6.28. The summed E-state index contributed by atoms with van der Waals surface area (Å²) in [6.07, 6.45) is -9.93. The van der Waals surface area contributed by atoms with E-state index in [-0.39, 0.29) is 52.6 Å². The van der Waals surface area contributed by atoms with Crippen LogP contribution in [-0.2, 0) is 23.7 Å². The first-order valence-corrected chi connectivity index (χ1v) is 45.7. The third kappa shape index (κ3) is 21.2. The molecule has 8 aromatic heterocycles. The molecule has 3 amide bonds. The van der Waals surface area contributed by atoms with Gasteiger partial charge in [-0.3, -0.25) is 52.3 Å². The van der Waals surface area contributed by atoms with Crippen LogP contribution in [0.2, 0.25) is 5.28 Å². The van der Waals surface area contributed by atoms with E-state index in [1.54, 1.807) is 121 Å². The Morgan fingerprint density at radius 2 is 0.580 bits per heavy atom. The average molecular weight is 1930 g/mol. The molecule has 21 rings (SSSR count). The molecule has 16 heterocycles. The maximum absolute atomic E-state index is 14.2. The third-order valence-electron chi connectivity index (χ3n) is 24.3. The van der Waals surface area contributed by atoms with Gasteiger partial charge in [0.25, 0.3) is 37.5 Å². The minimum Gasteiger partial charge on any atom is -0.378 e. The summed E-state index contributed by atoms with van der Waals surface area (Å²) in [6.45, 7) is 24.4. The van der Waals surface area contributed by atoms with Gasteiger partial charge in [-0.25, -0.2) is 55.1 Å². The summed E-state index contributed by atoms with van der Waals surface area (Å²) in [6, 6.07) is 34.6. The lowest BCUT2D eigenvalue weighted by atomic mass is 10.1. The molecule has 13 aromatic rings. The van der Waals surface area contributed by atoms with Gasteiger partial charge in [0, 0.05) is 170 Å². The van der Waals surface area contributed by atoms with E-state index >= 15 is 0 Å². The van der Waals surface area contributed by atoms with Crippen LogP contribution >= 0.6 is 11.6 Å². The van der Waals surface area contributed by atoms with E-state index in [0.717, 1.165) is 45.8 Å². The van der Waals surface area contributed by atoms with Crippen LogP contribution in [0, 0.1) is 0 Å². The number of para-hydroxylation sites is 8. The van der Waals surface area contributed by atoms with E-state index in [9.17, 15) is 49.5 Å². The number of ether oxygens (including phenoxy) is 4. The number of nitrogens with two attached hydrogens (primary N) is 1. The molecular weight excluding hydrogens is 1830 g/mol. The Balaban J connectivity index is 0.000000124. The molecule has 8 aliphatic rings. The van der Waals surface area contributed by atoms with Crippen molar-refractivity contribution in [2.45, 2.75) is 25.7 Å². The van der Waals surface area contributed by atoms with Gasteiger partial charge in [-0.1, -0.05) is 67.2 Å². The molecule has 7 saturated heterocycles. The number of hydrogen-bond acceptors (Lipinski definition) is 34. The molecule has 3 N–H and O–H groups in total. The van der Waals surface area contributed by atoms with Crippen LogP contribution in [0.3, 0.4) is 0 Å². The molecule has 0 bridgehead atoms. The fraction of sp³-hybridized carbons (Fsp3) is 0.427. The fourth-order valence-electron chi connectivity index (χ4n) is 17.2. The summed E-state index contributed by atoms with van der Waals surface area (Å²) in [4.78, 5) is 130. The monoisotopic (exact) mass is 1930 g/mol. The largest absolute Gasteiger partial charge is 0.378 e. The van der Waals surface area contributed by atoms with Crippen molar-refractivity contribution in [1.29, 1.82) is 0 Å². The number of amides is 3. The summed E-state index contributed by atoms with van der Waals surface area (Å²) < 4.78 is 138. The van der Waals surface area contributed by atoms with Crippen molar-refractivity contribution in [3.8, 4) is 23.8 Å². The van der Waals surface area contributed by atoms with Crippen molar-refractivity contribution in [2.75, 3.05) is 257 Å². The number of carbonyl (C=O) groups excluding carboxylic acids is 3. The van der Waals surface area contributed by atoms with E-state index in [0.29, 0.717) is 274 Å². The Bertz CT molecular complexity index is 6420. The van der Waals surface area contributed by atoms with Crippen molar-refractivity contribution in [3.63, 3.8) is 0 Å². The number of morpholine rings is 4. The fourth-order valence-corrected chi connectivity index (χ4v) is 17.3. The van der Waals surface area contributed by atoms with E-state index in [1.165, 1.54) is 29.2 Å². The third-order valence-corrected chi connectivity index (χ3v) is 24.5. The normalized spacial score (nSPS) is 17.2. The number of halogens is 9. The Labute approximate surface area is 789 Å². The van der Waals surface area contributed by atoms with Crippen LogP contribution in [0.5, 0.6) is 0 Å². The molecule has 7 fully saturated rings. The van der Waals surface area contributed by atoms with E-state index < -0.39 is 43.2 Å². The predicted molar refractivity (Wildman–Crippen MR) is 495 cm³/mol. The van der Waals surface area contributed by atoms with Crippen LogP contribution < -0.4 is 45.3 Å². The number of imidazole rings is 4. The Kier molecular flexibility index (Phi) is 29.8. The zero-order valence-electron chi connectivity index (χ0n) is 74.9. The van der Waals surface area contributed by atoms with Crippen molar-refractivity contribution >= 4 is 115 Å². The lowest BCUT2D eigenvalue weighted by Gasteiger charge is -2.35. The van der Waals surface area contributed by atoms with Gasteiger partial charge >= 0.3 is 0 Å². The highest BCUT2D eigenvalue weighted by Crippen LogP contribution is 2.36. The molecule has 40 nitrogen and oxygen atoms in total. The van der Waals surface area contributed by atoms with Crippen LogP contribution in [0.4, 0.5) is 76.8 Å². The van der Waals surface area contributed by atoms with Crippen molar-refractivity contribution in [1.82, 2.24) is 123 Å². The second kappa shape index (κ2) is 43.4. The summed E-state index contributed by atoms with van der Waals surface area (Å²) in [5.74, 6) is 0.928. The van der Waals surface area contributed by atoms with E-state index in [4.69, 9.17) is 51.2 Å². The summed E-state index contributed by atoms with van der Waals surface area (Å²) in [5.41, 5.74) is 10.4. The number of imide groups is 1. The van der Waals surface area contributed by atoms with Crippen LogP contribution in [0.15, 0.2) is 134 Å². The number of rotatable bonds is 24. The molecule has 0 spiro atoms. The number of anilines is 7. The van der Waals surface area contributed by atoms with Gasteiger partial charge in [-0.2, -0.15) is 59.8 Å². The molecule has 49 heteroatoms. The first-order valence-electron chi connectivity index (χ1n) is 45.3. The number of benzene rings is 5. The van der Waals surface area contributed by atoms with Crippen LogP contribution in [-0.4, -0.2) is 358 Å². The zero-order valence-corrected chi connectivity index (χ0v) is 75.6. The number of carbonyl (C=O) groups is 3. The van der Waals surface area contributed by atoms with Gasteiger partial charge in [0.05, 0.1) is 108 Å². The standard InChI is InChI=1S/C29H29F2N9O3.C24H29F2N9O2.C21H27F2N9O.C15H13ClF2N6O/c30-23(31)24-32-21-7-3-4-8-22(21)40(24)29-34-27(33-28(35-29)38-15-17-43-18-16-38)37-12-9-36(10-13-37)11-14-39-25(41)19-5-1-2-6-20(19)26(39)42;1-2-19(36)27-7-8-32-9-11-33(12-10-32)22-29-23(34-13-15-37-16-14-34)31-24(30-22)35-18-6-4-3-5-17(18)28-21(35)20(25)26;22-17(23)18-25-15-3-1-2-4-16(15)32(18)21-27-19(30-9-7-29(6-5-24)8-10-30)26-20(28-21)31-11-13-33-14-12-31;16-13-20-14(23-5-7-25-8-6-23)22-15(21-13)24-10-4-2-1-3-9(10)19-12(24)11(17)18/h1-8,23H,9-18H2;2-6,20H,1,7-16H2,(H,27,36);1-4,17H,5-14,24H2;1-4,11H,5-8H2. The highest BCUT2D eigenvalue weighted by Gasteiger charge is 2.38. The van der Waals surface area contributed by atoms with Gasteiger partial charge in [0.2, 0.25) is 76.6 Å². The zero-order chi connectivity index (χ0) is 95.5. The van der Waals surface area contributed by atoms with Crippen molar-refractivity contribution in [2.24, 2.45) is 5.73 Å². The summed E-state index contributed by atoms with van der Waals surface area (Å²) >= 11 is 6.03. The molecular formula is C89H98ClF8N33O7. The number of piperazine rings is 3. The first kappa shape index (κ1) is 94.7. The van der Waals surface area contributed by atoms with E-state index in [2.05, 4.69) is 96.3 Å². The minimum absolute atomic E-state index is 0.0190. The number of nitrogens with one attached hydrogen (secondary N) is 1. The van der Waals surface area contributed by atoms with Crippen molar-refractivity contribution in [3.05, 3.63) is 174 Å². The lowest BCUT2D eigenvalue weighted by molar-refractivity contribution is -0.116. The number of nitrogens with zero attached hydrogens (tertiary/aromatic N) is 31. The number of fused-ring (bicyclic) bond motifs is 5. The first-order chi connectivity index (χ1) is 67.3. The van der Waals surface area contributed by atoms with Gasteiger partial charge in [0.1, 0.15) is 0 Å². The molecule has 0 atom stereocenters. The van der Waals surface area contributed by atoms with Crippen LogP contribution in [0.1, 0.15) is 69.7 Å². The second-order valence-electron chi connectivity index (χ2n) is 32.8. The maximum atomic E-state index is 14.2. The molecule has 0 aliphatic carbocycles. The molecule has 724 valence electrons. The minimum atomic E-state index is -2.83. The average Bonchev–Trinajstić information content (AvgIpc) is 1.59. The SMILES string of the molecule is C=CC(=O)NCCN1CCN(c2nc(N3CCOCC3)nc(-n3c(C(F)F)nc4ccccc43)n2)CC1.FC(F)c1nc2ccccc2n1-c1nc(Cl)nc(N2CCOCC2)n1.NCCN1CCN(c2nc(N3CCOCC3)nc(-n3c(C(F)F)nc4ccccc43)n2)CC1.O=C1c2ccccc2C(=O)N1CCN1CCN(c2nc(N3CCOCC3)nc(-n3c(C(F)F)nc4ccccc43)n2)CC1. The summed E-state index contributed by atoms with van der Waals surface area (Å²) in [5, 5.41) is 2.72. The smallest absolute Gasteiger partial charge is 0.296 e. The molecule has 0 radical (unpaired) electrons. The topological polar surface area (TPSA) is 388 Å². The molecule has 5 aromatic carbocycles. The number of hydrogen-bond donors (Lipinski definition) is 2. The summed E-state index contributed by atoms with van der Waals surface area (Å²) in [7, 11) is 0. The number of alkyl halides is 8. The van der Waals surface area contributed by atoms with Gasteiger partial charge < -0.3 is 64.3 Å². The van der Waals surface area contributed by atoms with Gasteiger partial charge in [0.15, 0.2) is 23.3 Å². The quantitative estimate of drug-likeness (QED) is 0.0335. The Morgan fingerprint density at radius 3 is 0.870 bits per heavy atom. The molecule has 0 saturated carbocycles. The van der Waals surface area contributed by atoms with Gasteiger partial charge in [-0.15, -0.1) is 0 Å². The second-order valence-corrected chi connectivity index (χ2v) is 33.1. The van der Waals surface area contributed by atoms with Gasteiger partial charge in [-0.05, 0) is 78.3 Å². The Hall–Kier alpha value is -13.6.